The molecule has 0 aromatic heterocycles. The highest BCUT2D eigenvalue weighted by atomic mass is 79.9. The summed E-state index contributed by atoms with van der Waals surface area (Å²) in [5.41, 5.74) is 2.29. The van der Waals surface area contributed by atoms with Gasteiger partial charge in [0.15, 0.2) is 0 Å². The van der Waals surface area contributed by atoms with Gasteiger partial charge in [0.1, 0.15) is 6.04 Å². The minimum atomic E-state index is -0.954. The summed E-state index contributed by atoms with van der Waals surface area (Å²) in [5.74, 6) is -2.51. The number of rotatable bonds is 13. The number of para-hydroxylation sites is 1. The summed E-state index contributed by atoms with van der Waals surface area (Å²) < 4.78 is 4.81. The Kier molecular flexibility index (Phi) is 10.3. The molecule has 2 bridgehead atoms. The van der Waals surface area contributed by atoms with Crippen LogP contribution in [-0.2, 0) is 25.5 Å². The lowest BCUT2D eigenvalue weighted by Crippen LogP contribution is -2.58. The van der Waals surface area contributed by atoms with Gasteiger partial charge >= 0.3 is 5.97 Å². The van der Waals surface area contributed by atoms with E-state index in [1.165, 1.54) is 0 Å². The number of aryl methyl sites for hydroxylation is 1. The van der Waals surface area contributed by atoms with Crippen molar-refractivity contribution in [2.45, 2.75) is 59.5 Å². The summed E-state index contributed by atoms with van der Waals surface area (Å²) in [7, 11) is 0. The maximum absolute atomic E-state index is 15.0. The van der Waals surface area contributed by atoms with Gasteiger partial charge in [0.25, 0.3) is 5.91 Å². The molecule has 3 aliphatic rings. The number of nitrogens with zero attached hydrogens (tertiary/aromatic N) is 2. The van der Waals surface area contributed by atoms with Crippen molar-refractivity contribution >= 4 is 62.8 Å². The van der Waals surface area contributed by atoms with Gasteiger partial charge in [-0.2, -0.15) is 0 Å². The quantitative estimate of drug-likeness (QED) is 0.124. The number of fused-ring (bicyclic) bond motifs is 1. The third-order valence-electron chi connectivity index (χ3n) is 8.98. The largest absolute Gasteiger partial charge is 0.465 e. The van der Waals surface area contributed by atoms with Crippen LogP contribution in [0.2, 0.25) is 5.02 Å². The van der Waals surface area contributed by atoms with E-state index in [0.717, 1.165) is 11.1 Å². The average Bonchev–Trinajstić information content (AvgIpc) is 3.61. The number of carbonyl (C=O) groups is 3. The molecule has 0 saturated carbocycles. The second kappa shape index (κ2) is 13.8. The molecular formula is C34H38BrClN2O5S. The molecule has 3 saturated heterocycles. The number of alkyl halides is 1. The Balaban J connectivity index is 1.61. The number of ether oxygens (including phenoxy) is 1. The van der Waals surface area contributed by atoms with Gasteiger partial charge in [-0.05, 0) is 49.8 Å². The Morgan fingerprint density at radius 2 is 1.98 bits per heavy atom. The van der Waals surface area contributed by atoms with Crippen LogP contribution in [0.4, 0.5) is 5.69 Å². The number of amides is 2. The molecule has 2 amide bonds. The van der Waals surface area contributed by atoms with Gasteiger partial charge in [-0.1, -0.05) is 82.1 Å². The van der Waals surface area contributed by atoms with E-state index >= 15 is 4.79 Å². The summed E-state index contributed by atoms with van der Waals surface area (Å²) in [6.07, 6.45) is 5.64. The maximum atomic E-state index is 15.0. The third-order valence-corrected chi connectivity index (χ3v) is 12.5. The first-order chi connectivity index (χ1) is 21.2. The van der Waals surface area contributed by atoms with E-state index in [9.17, 15) is 14.7 Å². The lowest BCUT2D eigenvalue weighted by atomic mass is 9.71. The number of benzene rings is 2. The van der Waals surface area contributed by atoms with Gasteiger partial charge < -0.3 is 19.6 Å². The van der Waals surface area contributed by atoms with E-state index in [1.54, 1.807) is 39.8 Å². The standard InChI is InChI=1S/C34H38BrClN2O5S/c1-4-6-10-17-43-33(42)26-27-31(40)38(23(20-39)18-22-13-8-7-9-14-22)30(34(27)19-24(35)29(26)44-34)32(41)37(16-5-2)28-21(3)12-11-15-25(28)36/h4-5,7-9,11-15,23-24,26-27,29-30,39H,1-2,6,10,16-20H2,3H3/t23-,24?,26+,27+,29+,30?,34?/m1/s1. The number of likely N-dealkylation sites (tertiary alicyclic amines) is 1. The molecule has 7 atom stereocenters. The van der Waals surface area contributed by atoms with Gasteiger partial charge in [0.2, 0.25) is 5.91 Å². The fourth-order valence-electron chi connectivity index (χ4n) is 7.18. The minimum absolute atomic E-state index is 0.103. The zero-order chi connectivity index (χ0) is 31.6. The normalized spacial score (nSPS) is 27.6. The first-order valence-electron chi connectivity index (χ1n) is 14.9. The number of thioether (sulfide) groups is 1. The molecule has 0 radical (unpaired) electrons. The summed E-state index contributed by atoms with van der Waals surface area (Å²) in [5, 5.41) is 10.9. The molecule has 44 heavy (non-hydrogen) atoms. The number of aliphatic hydroxyl groups excluding tert-OH is 1. The Hall–Kier alpha value is -2.59. The highest BCUT2D eigenvalue weighted by Gasteiger charge is 2.76. The Morgan fingerprint density at radius 3 is 2.64 bits per heavy atom. The molecule has 3 unspecified atom stereocenters. The predicted molar refractivity (Wildman–Crippen MR) is 179 cm³/mol. The van der Waals surface area contributed by atoms with Crippen LogP contribution >= 0.6 is 39.3 Å². The molecule has 10 heteroatoms. The van der Waals surface area contributed by atoms with Crippen molar-refractivity contribution in [1.29, 1.82) is 0 Å². The summed E-state index contributed by atoms with van der Waals surface area (Å²) >= 11 is 12.0. The van der Waals surface area contributed by atoms with E-state index in [4.69, 9.17) is 16.3 Å². The topological polar surface area (TPSA) is 87.1 Å². The fourth-order valence-corrected chi connectivity index (χ4v) is 11.1. The highest BCUT2D eigenvalue weighted by molar-refractivity contribution is 9.09. The number of hydrogen-bond acceptors (Lipinski definition) is 6. The van der Waals surface area contributed by atoms with Crippen LogP contribution in [0.1, 0.15) is 30.4 Å². The van der Waals surface area contributed by atoms with E-state index in [2.05, 4.69) is 29.1 Å². The highest BCUT2D eigenvalue weighted by Crippen LogP contribution is 2.68. The maximum Gasteiger partial charge on any atom is 0.310 e. The van der Waals surface area contributed by atoms with E-state index in [0.29, 0.717) is 36.4 Å². The smallest absolute Gasteiger partial charge is 0.310 e. The molecule has 2 aromatic carbocycles. The number of halogens is 2. The van der Waals surface area contributed by atoms with Crippen molar-refractivity contribution in [3.63, 3.8) is 0 Å². The van der Waals surface area contributed by atoms with Crippen molar-refractivity contribution in [2.75, 3.05) is 24.7 Å². The molecule has 234 valence electrons. The average molecular weight is 702 g/mol. The van der Waals surface area contributed by atoms with Crippen LogP contribution in [0, 0.1) is 18.8 Å². The summed E-state index contributed by atoms with van der Waals surface area (Å²) in [6, 6.07) is 13.4. The molecular weight excluding hydrogens is 664 g/mol. The Morgan fingerprint density at radius 1 is 1.23 bits per heavy atom. The van der Waals surface area contributed by atoms with Gasteiger partial charge in [-0.3, -0.25) is 14.4 Å². The lowest BCUT2D eigenvalue weighted by molar-refractivity contribution is -0.154. The number of allylic oxidation sites excluding steroid dienone is 1. The minimum Gasteiger partial charge on any atom is -0.465 e. The molecule has 2 aromatic rings. The number of aliphatic hydroxyl groups is 1. The summed E-state index contributed by atoms with van der Waals surface area (Å²) in [4.78, 5) is 46.4. The van der Waals surface area contributed by atoms with Gasteiger partial charge in [-0.25, -0.2) is 0 Å². The molecule has 1 spiro atoms. The molecule has 3 aliphatic heterocycles. The van der Waals surface area contributed by atoms with Gasteiger partial charge in [0.05, 0.1) is 46.5 Å². The van der Waals surface area contributed by atoms with Crippen molar-refractivity contribution in [3.8, 4) is 0 Å². The first-order valence-corrected chi connectivity index (χ1v) is 17.1. The zero-order valence-corrected chi connectivity index (χ0v) is 27.9. The molecule has 3 heterocycles. The fraction of sp³-hybridized carbons (Fsp3) is 0.441. The van der Waals surface area contributed by atoms with E-state index in [-0.39, 0.29) is 41.6 Å². The predicted octanol–water partition coefficient (Wildman–Crippen LogP) is 5.75. The number of esters is 1. The number of anilines is 1. The second-order valence-electron chi connectivity index (χ2n) is 11.7. The third kappa shape index (κ3) is 5.77. The molecule has 0 aliphatic carbocycles. The first kappa shape index (κ1) is 32.8. The number of unbranched alkanes of at least 4 members (excludes halogenated alkanes) is 1. The Labute approximate surface area is 276 Å². The molecule has 3 fully saturated rings. The molecule has 5 rings (SSSR count). The second-order valence-corrected chi connectivity index (χ2v) is 14.8. The van der Waals surface area contributed by atoms with E-state index < -0.39 is 34.6 Å². The van der Waals surface area contributed by atoms with Gasteiger partial charge in [0, 0.05) is 16.6 Å². The van der Waals surface area contributed by atoms with Gasteiger partial charge in [-0.15, -0.1) is 24.9 Å². The lowest BCUT2D eigenvalue weighted by Gasteiger charge is -2.40. The van der Waals surface area contributed by atoms with Crippen LogP contribution in [0.5, 0.6) is 0 Å². The Bertz CT molecular complexity index is 1410. The number of carbonyl (C=O) groups excluding carboxylic acids is 3. The molecule has 1 N–H and O–H groups in total. The SMILES string of the molecule is C=CCCCOC(=O)[C@H]1[C@H]2C(=O)N([C@@H](CO)Cc3ccccc3)C(C(=O)N(CC=C)c3c(C)cccc3Cl)C23CC(Br)[C@@H]1S3. The van der Waals surface area contributed by atoms with Crippen molar-refractivity contribution in [3.05, 3.63) is 90.0 Å². The monoisotopic (exact) mass is 700 g/mol. The van der Waals surface area contributed by atoms with Crippen LogP contribution in [0.25, 0.3) is 0 Å². The van der Waals surface area contributed by atoms with E-state index in [1.807, 2.05) is 49.4 Å². The molecule has 7 nitrogen and oxygen atoms in total. The van der Waals surface area contributed by atoms with Crippen molar-refractivity contribution < 1.29 is 24.2 Å². The number of hydrogen-bond donors (Lipinski definition) is 1. The van der Waals surface area contributed by atoms with Crippen LogP contribution in [-0.4, -0.2) is 74.5 Å². The van der Waals surface area contributed by atoms with Crippen molar-refractivity contribution in [2.24, 2.45) is 11.8 Å². The zero-order valence-electron chi connectivity index (χ0n) is 24.7. The van der Waals surface area contributed by atoms with Crippen LogP contribution in [0.3, 0.4) is 0 Å². The van der Waals surface area contributed by atoms with Crippen LogP contribution in [0.15, 0.2) is 73.8 Å². The summed E-state index contributed by atoms with van der Waals surface area (Å²) in [6.45, 7) is 9.57. The van der Waals surface area contributed by atoms with Crippen LogP contribution < -0.4 is 4.90 Å². The van der Waals surface area contributed by atoms with Crippen molar-refractivity contribution in [1.82, 2.24) is 4.90 Å².